The first kappa shape index (κ1) is 12.8. The molecular weight excluding hydrogens is 212 g/mol. The van der Waals surface area contributed by atoms with Crippen LogP contribution in [0.15, 0.2) is 36.9 Å². The Morgan fingerprint density at radius 2 is 2.29 bits per heavy atom. The predicted molar refractivity (Wildman–Crippen MR) is 66.5 cm³/mol. The zero-order valence-corrected chi connectivity index (χ0v) is 9.60. The van der Waals surface area contributed by atoms with E-state index in [-0.39, 0.29) is 0 Å². The molecule has 0 saturated heterocycles. The Morgan fingerprint density at radius 1 is 1.53 bits per heavy atom. The lowest BCUT2D eigenvalue weighted by molar-refractivity contribution is 0.321. The summed E-state index contributed by atoms with van der Waals surface area (Å²) in [4.78, 5) is 3.26. The van der Waals surface area contributed by atoms with Crippen molar-refractivity contribution in [2.45, 2.75) is 18.9 Å². The second-order valence-electron chi connectivity index (χ2n) is 3.51. The van der Waals surface area contributed by atoms with Gasteiger partial charge in [-0.2, -0.15) is 5.26 Å². The van der Waals surface area contributed by atoms with Gasteiger partial charge in [0.05, 0.1) is 13.0 Å². The van der Waals surface area contributed by atoms with Crippen LogP contribution in [0, 0.1) is 17.9 Å². The van der Waals surface area contributed by atoms with E-state index in [0.717, 1.165) is 17.7 Å². The highest BCUT2D eigenvalue weighted by Gasteiger charge is 2.14. The Bertz CT molecular complexity index is 440. The van der Waals surface area contributed by atoms with Crippen molar-refractivity contribution in [1.29, 1.82) is 5.26 Å². The number of hydrogen-bond acceptors (Lipinski definition) is 2. The molecule has 3 heteroatoms. The lowest BCUT2D eigenvalue weighted by Crippen LogP contribution is -2.06. The topological polar surface area (TPSA) is 37.4 Å². The highest BCUT2D eigenvalue weighted by molar-refractivity contribution is 5.35. The molecule has 17 heavy (non-hydrogen) atoms. The van der Waals surface area contributed by atoms with Gasteiger partial charge in [-0.3, -0.25) is 4.85 Å². The molecule has 0 N–H and O–H groups in total. The van der Waals surface area contributed by atoms with Crippen LogP contribution in [0.3, 0.4) is 0 Å². The van der Waals surface area contributed by atoms with Crippen LogP contribution in [0.25, 0.3) is 4.85 Å². The van der Waals surface area contributed by atoms with Crippen LogP contribution in [0.4, 0.5) is 0 Å². The summed E-state index contributed by atoms with van der Waals surface area (Å²) in [6.07, 6.45) is 2.98. The molecule has 0 spiro atoms. The maximum Gasteiger partial charge on any atom is 0.311 e. The minimum absolute atomic E-state index is 0.407. The zero-order valence-electron chi connectivity index (χ0n) is 9.60. The minimum Gasteiger partial charge on any atom is -0.493 e. The van der Waals surface area contributed by atoms with Crippen LogP contribution in [0.2, 0.25) is 0 Å². The zero-order chi connectivity index (χ0) is 12.5. The Morgan fingerprint density at radius 3 is 2.94 bits per heavy atom. The molecule has 1 rings (SSSR count). The van der Waals surface area contributed by atoms with Crippen molar-refractivity contribution in [3.63, 3.8) is 0 Å². The van der Waals surface area contributed by atoms with E-state index >= 15 is 0 Å². The van der Waals surface area contributed by atoms with Crippen LogP contribution in [0.5, 0.6) is 5.75 Å². The van der Waals surface area contributed by atoms with Gasteiger partial charge in [0, 0.05) is 5.56 Å². The van der Waals surface area contributed by atoms with Gasteiger partial charge in [0.25, 0.3) is 0 Å². The molecule has 0 aliphatic rings. The second kappa shape index (κ2) is 7.09. The highest BCUT2D eigenvalue weighted by Crippen LogP contribution is 2.20. The van der Waals surface area contributed by atoms with E-state index in [1.807, 2.05) is 30.3 Å². The van der Waals surface area contributed by atoms with E-state index in [1.165, 1.54) is 0 Å². The summed E-state index contributed by atoms with van der Waals surface area (Å²) >= 11 is 0. The summed E-state index contributed by atoms with van der Waals surface area (Å²) in [5, 5.41) is 8.77. The first-order chi connectivity index (χ1) is 8.31. The molecule has 0 aliphatic carbocycles. The first-order valence-electron chi connectivity index (χ1n) is 5.39. The molecule has 0 aliphatic heterocycles. The molecule has 86 valence electrons. The Balaban J connectivity index is 2.74. The molecule has 1 atom stereocenters. The minimum atomic E-state index is -0.640. The fourth-order valence-electron chi connectivity index (χ4n) is 1.39. The lowest BCUT2D eigenvalue weighted by Gasteiger charge is -2.09. The SMILES string of the molecule is [C-]#[N+]C(C#N)Cc1ccccc1OCCC=C. The molecule has 0 saturated carbocycles. The summed E-state index contributed by atoms with van der Waals surface area (Å²) in [6.45, 7) is 11.1. The number of ether oxygens (including phenoxy) is 1. The monoisotopic (exact) mass is 226 g/mol. The van der Waals surface area contributed by atoms with Crippen LogP contribution in [0.1, 0.15) is 12.0 Å². The number of benzene rings is 1. The molecular formula is C14H14N2O. The van der Waals surface area contributed by atoms with Crippen molar-refractivity contribution in [3.8, 4) is 11.8 Å². The standard InChI is InChI=1S/C14H14N2O/c1-3-4-9-17-14-8-6-5-7-12(14)10-13(11-15)16-2/h3,5-8,13H,1,4,9-10H2. The van der Waals surface area contributed by atoms with Crippen molar-refractivity contribution < 1.29 is 4.74 Å². The normalized spacial score (nSPS) is 10.9. The quantitative estimate of drug-likeness (QED) is 0.425. The third-order valence-electron chi connectivity index (χ3n) is 2.27. The molecule has 1 aromatic rings. The number of nitrogens with zero attached hydrogens (tertiary/aromatic N) is 2. The molecule has 3 nitrogen and oxygen atoms in total. The maximum absolute atomic E-state index is 8.77. The molecule has 0 amide bonds. The van der Waals surface area contributed by atoms with Gasteiger partial charge in [-0.05, 0) is 12.5 Å². The summed E-state index contributed by atoms with van der Waals surface area (Å²) < 4.78 is 5.58. The van der Waals surface area contributed by atoms with E-state index in [2.05, 4.69) is 11.4 Å². The van der Waals surface area contributed by atoms with Crippen LogP contribution in [-0.2, 0) is 6.42 Å². The average molecular weight is 226 g/mol. The van der Waals surface area contributed by atoms with Crippen molar-refractivity contribution in [2.24, 2.45) is 0 Å². The van der Waals surface area contributed by atoms with Crippen molar-refractivity contribution in [1.82, 2.24) is 0 Å². The summed E-state index contributed by atoms with van der Waals surface area (Å²) in [5.41, 5.74) is 0.902. The van der Waals surface area contributed by atoms with Gasteiger partial charge in [-0.15, -0.1) is 6.58 Å². The van der Waals surface area contributed by atoms with E-state index in [0.29, 0.717) is 13.0 Å². The number of nitriles is 1. The number of para-hydroxylation sites is 1. The Labute approximate surface area is 102 Å². The van der Waals surface area contributed by atoms with Gasteiger partial charge in [0.1, 0.15) is 5.75 Å². The molecule has 0 aromatic heterocycles. The van der Waals surface area contributed by atoms with E-state index < -0.39 is 6.04 Å². The summed E-state index contributed by atoms with van der Waals surface area (Å²) in [5.74, 6) is 0.748. The molecule has 0 heterocycles. The Hall–Kier alpha value is -2.26. The third kappa shape index (κ3) is 4.01. The molecule has 0 bridgehead atoms. The maximum atomic E-state index is 8.77. The smallest absolute Gasteiger partial charge is 0.311 e. The predicted octanol–water partition coefficient (Wildman–Crippen LogP) is 3.00. The van der Waals surface area contributed by atoms with E-state index in [9.17, 15) is 0 Å². The lowest BCUT2D eigenvalue weighted by atomic mass is 10.1. The van der Waals surface area contributed by atoms with Crippen molar-refractivity contribution in [2.75, 3.05) is 6.61 Å². The van der Waals surface area contributed by atoms with E-state index in [4.69, 9.17) is 16.6 Å². The van der Waals surface area contributed by atoms with Gasteiger partial charge in [-0.25, -0.2) is 6.57 Å². The summed E-state index contributed by atoms with van der Waals surface area (Å²) in [6, 6.07) is 8.84. The summed E-state index contributed by atoms with van der Waals surface area (Å²) in [7, 11) is 0. The molecule has 1 aromatic carbocycles. The fraction of sp³-hybridized carbons (Fsp3) is 0.286. The largest absolute Gasteiger partial charge is 0.493 e. The van der Waals surface area contributed by atoms with Crippen LogP contribution in [-0.4, -0.2) is 12.6 Å². The number of hydrogen-bond donors (Lipinski definition) is 0. The average Bonchev–Trinajstić information content (AvgIpc) is 2.38. The van der Waals surface area contributed by atoms with Gasteiger partial charge in [0.15, 0.2) is 6.07 Å². The fourth-order valence-corrected chi connectivity index (χ4v) is 1.39. The van der Waals surface area contributed by atoms with Crippen molar-refractivity contribution in [3.05, 3.63) is 53.9 Å². The Kier molecular flexibility index (Phi) is 5.34. The van der Waals surface area contributed by atoms with Gasteiger partial charge < -0.3 is 4.74 Å². The van der Waals surface area contributed by atoms with Crippen LogP contribution < -0.4 is 4.74 Å². The molecule has 0 fully saturated rings. The van der Waals surface area contributed by atoms with Gasteiger partial charge in [0.2, 0.25) is 0 Å². The van der Waals surface area contributed by atoms with Gasteiger partial charge in [-0.1, -0.05) is 24.3 Å². The highest BCUT2D eigenvalue weighted by atomic mass is 16.5. The molecule has 0 radical (unpaired) electrons. The van der Waals surface area contributed by atoms with Gasteiger partial charge >= 0.3 is 6.04 Å². The molecule has 1 unspecified atom stereocenters. The van der Waals surface area contributed by atoms with E-state index in [1.54, 1.807) is 6.08 Å². The second-order valence-corrected chi connectivity index (χ2v) is 3.51. The van der Waals surface area contributed by atoms with Crippen LogP contribution >= 0.6 is 0 Å². The van der Waals surface area contributed by atoms with Crippen molar-refractivity contribution >= 4 is 0 Å². The number of rotatable bonds is 6. The first-order valence-corrected chi connectivity index (χ1v) is 5.39. The third-order valence-corrected chi connectivity index (χ3v) is 2.27.